The van der Waals surface area contributed by atoms with Crippen LogP contribution >= 0.6 is 0 Å². The van der Waals surface area contributed by atoms with Crippen LogP contribution in [0.1, 0.15) is 47.0 Å². The van der Waals surface area contributed by atoms with Crippen LogP contribution in [0.25, 0.3) is 0 Å². The molecule has 1 saturated heterocycles. The summed E-state index contributed by atoms with van der Waals surface area (Å²) in [5.41, 5.74) is -1.14. The number of likely N-dealkylation sites (tertiary alicyclic amines) is 1. The second-order valence-corrected chi connectivity index (χ2v) is 7.14. The second-order valence-electron chi connectivity index (χ2n) is 7.14. The highest BCUT2D eigenvalue weighted by atomic mass is 16.6. The monoisotopic (exact) mass is 328 g/mol. The van der Waals surface area contributed by atoms with Gasteiger partial charge in [0.25, 0.3) is 0 Å². The number of esters is 1. The fourth-order valence-corrected chi connectivity index (χ4v) is 2.45. The number of hydrogen-bond acceptors (Lipinski definition) is 5. The van der Waals surface area contributed by atoms with Gasteiger partial charge in [-0.3, -0.25) is 9.59 Å². The van der Waals surface area contributed by atoms with Crippen molar-refractivity contribution in [3.05, 3.63) is 0 Å². The summed E-state index contributed by atoms with van der Waals surface area (Å²) in [7, 11) is 1.28. The molecule has 7 heteroatoms. The van der Waals surface area contributed by atoms with Crippen LogP contribution in [0.15, 0.2) is 0 Å². The van der Waals surface area contributed by atoms with Gasteiger partial charge >= 0.3 is 12.1 Å². The zero-order valence-corrected chi connectivity index (χ0v) is 14.7. The Morgan fingerprint density at radius 3 is 2.39 bits per heavy atom. The Balaban J connectivity index is 2.60. The van der Waals surface area contributed by atoms with Crippen molar-refractivity contribution in [3.8, 4) is 0 Å². The molecular weight excluding hydrogens is 300 g/mol. The molecule has 1 atom stereocenters. The molecule has 132 valence electrons. The number of methoxy groups -OCH3 is 1. The van der Waals surface area contributed by atoms with Gasteiger partial charge in [0, 0.05) is 18.5 Å². The molecule has 7 nitrogen and oxygen atoms in total. The molecule has 0 aliphatic carbocycles. The van der Waals surface area contributed by atoms with E-state index in [-0.39, 0.29) is 18.5 Å². The van der Waals surface area contributed by atoms with Crippen molar-refractivity contribution < 1.29 is 23.9 Å². The Hall–Kier alpha value is -1.79. The van der Waals surface area contributed by atoms with Crippen molar-refractivity contribution in [3.63, 3.8) is 0 Å². The highest BCUT2D eigenvalue weighted by Gasteiger charge is 2.36. The third kappa shape index (κ3) is 6.08. The van der Waals surface area contributed by atoms with Gasteiger partial charge in [0.1, 0.15) is 12.1 Å². The lowest BCUT2D eigenvalue weighted by atomic mass is 9.82. The molecule has 0 aromatic rings. The number of rotatable bonds is 3. The molecule has 0 spiro atoms. The predicted molar refractivity (Wildman–Crippen MR) is 84.8 cm³/mol. The number of nitrogens with one attached hydrogen (secondary N) is 1. The van der Waals surface area contributed by atoms with Gasteiger partial charge in [0.05, 0.1) is 7.11 Å². The van der Waals surface area contributed by atoms with Gasteiger partial charge in [0.15, 0.2) is 0 Å². The van der Waals surface area contributed by atoms with Crippen molar-refractivity contribution >= 4 is 18.0 Å². The lowest BCUT2D eigenvalue weighted by molar-refractivity contribution is -0.142. The lowest BCUT2D eigenvalue weighted by Gasteiger charge is -2.28. The molecular formula is C16H28N2O5. The standard InChI is InChI=1S/C16H28N2O5/c1-15(2,3)23-14(21)18-9-6-7-16(4,8-10-18)13(20)17-11-12(19)22-5/h6-11H2,1-5H3,(H,17,20). The first-order valence-electron chi connectivity index (χ1n) is 7.90. The van der Waals surface area contributed by atoms with Gasteiger partial charge < -0.3 is 19.7 Å². The molecule has 2 amide bonds. The SMILES string of the molecule is COC(=O)CNC(=O)C1(C)CCCN(C(=O)OC(C)(C)C)CC1. The van der Waals surface area contributed by atoms with Gasteiger partial charge in [-0.2, -0.15) is 0 Å². The Bertz CT molecular complexity index is 458. The fourth-order valence-electron chi connectivity index (χ4n) is 2.45. The maximum absolute atomic E-state index is 12.3. The van der Waals surface area contributed by atoms with E-state index in [9.17, 15) is 14.4 Å². The van der Waals surface area contributed by atoms with Crippen LogP contribution in [-0.4, -0.2) is 55.2 Å². The summed E-state index contributed by atoms with van der Waals surface area (Å²) in [5.74, 6) is -0.667. The number of carbonyl (C=O) groups is 3. The molecule has 1 unspecified atom stereocenters. The average Bonchev–Trinajstić information content (AvgIpc) is 2.65. The van der Waals surface area contributed by atoms with Crippen molar-refractivity contribution in [2.75, 3.05) is 26.7 Å². The summed E-state index contributed by atoms with van der Waals surface area (Å²) >= 11 is 0. The Morgan fingerprint density at radius 2 is 1.83 bits per heavy atom. The normalized spacial score (nSPS) is 22.0. The first-order valence-corrected chi connectivity index (χ1v) is 7.90. The minimum absolute atomic E-state index is 0.138. The Morgan fingerprint density at radius 1 is 1.17 bits per heavy atom. The maximum atomic E-state index is 12.3. The number of amides is 2. The van der Waals surface area contributed by atoms with Crippen LogP contribution in [-0.2, 0) is 19.1 Å². The third-order valence-electron chi connectivity index (χ3n) is 3.91. The molecule has 0 radical (unpaired) electrons. The minimum atomic E-state index is -0.606. The molecule has 1 rings (SSSR count). The smallest absolute Gasteiger partial charge is 0.410 e. The number of nitrogens with zero attached hydrogens (tertiary/aromatic N) is 1. The van der Waals surface area contributed by atoms with Crippen LogP contribution in [0.4, 0.5) is 4.79 Å². The fraction of sp³-hybridized carbons (Fsp3) is 0.812. The van der Waals surface area contributed by atoms with Gasteiger partial charge in [-0.05, 0) is 40.0 Å². The van der Waals surface area contributed by atoms with Crippen LogP contribution in [0.2, 0.25) is 0 Å². The lowest BCUT2D eigenvalue weighted by Crippen LogP contribution is -2.42. The van der Waals surface area contributed by atoms with E-state index < -0.39 is 17.0 Å². The van der Waals surface area contributed by atoms with E-state index in [4.69, 9.17) is 4.74 Å². The third-order valence-corrected chi connectivity index (χ3v) is 3.91. The Kier molecular flexibility index (Phi) is 6.41. The maximum Gasteiger partial charge on any atom is 0.410 e. The topological polar surface area (TPSA) is 84.9 Å². The highest BCUT2D eigenvalue weighted by Crippen LogP contribution is 2.31. The van der Waals surface area contributed by atoms with Gasteiger partial charge in [-0.15, -0.1) is 0 Å². The second kappa shape index (κ2) is 7.66. The molecule has 1 aliphatic rings. The summed E-state index contributed by atoms with van der Waals surface area (Å²) in [4.78, 5) is 37.3. The van der Waals surface area contributed by atoms with Gasteiger partial charge in [-0.1, -0.05) is 6.92 Å². The van der Waals surface area contributed by atoms with Gasteiger partial charge in [0.2, 0.25) is 5.91 Å². The van der Waals surface area contributed by atoms with E-state index in [0.717, 1.165) is 0 Å². The van der Waals surface area contributed by atoms with E-state index in [2.05, 4.69) is 10.1 Å². The van der Waals surface area contributed by atoms with Crippen molar-refractivity contribution in [1.29, 1.82) is 0 Å². The minimum Gasteiger partial charge on any atom is -0.468 e. The van der Waals surface area contributed by atoms with Crippen LogP contribution in [0, 0.1) is 5.41 Å². The van der Waals surface area contributed by atoms with E-state index in [0.29, 0.717) is 32.4 Å². The largest absolute Gasteiger partial charge is 0.468 e. The average molecular weight is 328 g/mol. The molecule has 1 fully saturated rings. The molecule has 0 aromatic heterocycles. The highest BCUT2D eigenvalue weighted by molar-refractivity contribution is 5.86. The van der Waals surface area contributed by atoms with Crippen molar-refractivity contribution in [1.82, 2.24) is 10.2 Å². The number of ether oxygens (including phenoxy) is 2. The summed E-state index contributed by atoms with van der Waals surface area (Å²) < 4.78 is 9.90. The summed E-state index contributed by atoms with van der Waals surface area (Å²) in [5, 5.41) is 2.61. The molecule has 1 N–H and O–H groups in total. The van der Waals surface area contributed by atoms with Crippen molar-refractivity contribution in [2.45, 2.75) is 52.6 Å². The molecule has 0 aromatic carbocycles. The summed E-state index contributed by atoms with van der Waals surface area (Å²) in [6, 6.07) is 0. The molecule has 1 heterocycles. The van der Waals surface area contributed by atoms with E-state index in [1.54, 1.807) is 4.90 Å². The van der Waals surface area contributed by atoms with Crippen molar-refractivity contribution in [2.24, 2.45) is 5.41 Å². The number of carbonyl (C=O) groups excluding carboxylic acids is 3. The first-order chi connectivity index (χ1) is 10.6. The zero-order valence-electron chi connectivity index (χ0n) is 14.7. The first kappa shape index (κ1) is 19.3. The van der Waals surface area contributed by atoms with E-state index >= 15 is 0 Å². The molecule has 23 heavy (non-hydrogen) atoms. The van der Waals surface area contributed by atoms with Gasteiger partial charge in [-0.25, -0.2) is 4.79 Å². The predicted octanol–water partition coefficient (Wildman–Crippen LogP) is 1.70. The summed E-state index contributed by atoms with van der Waals surface area (Å²) in [6.07, 6.45) is 1.54. The molecule has 0 saturated carbocycles. The zero-order chi connectivity index (χ0) is 17.7. The van der Waals surface area contributed by atoms with E-state index in [1.165, 1.54) is 7.11 Å². The summed E-state index contributed by atoms with van der Waals surface area (Å²) in [6.45, 7) is 8.22. The molecule has 1 aliphatic heterocycles. The number of hydrogen-bond donors (Lipinski definition) is 1. The van der Waals surface area contributed by atoms with Crippen LogP contribution in [0.3, 0.4) is 0 Å². The van der Waals surface area contributed by atoms with Crippen LogP contribution in [0.5, 0.6) is 0 Å². The molecule has 0 bridgehead atoms. The van der Waals surface area contributed by atoms with E-state index in [1.807, 2.05) is 27.7 Å². The quantitative estimate of drug-likeness (QED) is 0.797. The Labute approximate surface area is 137 Å². The van der Waals surface area contributed by atoms with Crippen LogP contribution < -0.4 is 5.32 Å².